The van der Waals surface area contributed by atoms with E-state index in [2.05, 4.69) is 5.32 Å². The van der Waals surface area contributed by atoms with Crippen LogP contribution in [0.15, 0.2) is 18.2 Å². The van der Waals surface area contributed by atoms with Crippen LogP contribution in [0.2, 0.25) is 0 Å². The molecule has 1 unspecified atom stereocenters. The lowest BCUT2D eigenvalue weighted by atomic mass is 10.1. The van der Waals surface area contributed by atoms with Gasteiger partial charge >= 0.3 is 5.97 Å². The number of phenolic OH excluding ortho intramolecular Hbond substituents is 2. The fourth-order valence-corrected chi connectivity index (χ4v) is 1.59. The number of benzene rings is 1. The Morgan fingerprint density at radius 1 is 1.26 bits per heavy atom. The summed E-state index contributed by atoms with van der Waals surface area (Å²) in [5, 5.41) is 30.1. The Balaban J connectivity index is 2.54. The van der Waals surface area contributed by atoms with Gasteiger partial charge in [0.1, 0.15) is 17.1 Å². The average Bonchev–Trinajstić information content (AvgIpc) is 2.33. The highest BCUT2D eigenvalue weighted by Gasteiger charge is 2.16. The van der Waals surface area contributed by atoms with Crippen LogP contribution in [0.3, 0.4) is 0 Å². The quantitative estimate of drug-likeness (QED) is 0.622. The molecule has 1 aromatic carbocycles. The highest BCUT2D eigenvalue weighted by atomic mass is 16.4. The molecule has 4 N–H and O–H groups in total. The Bertz CT molecular complexity index is 452. The van der Waals surface area contributed by atoms with Gasteiger partial charge in [-0.3, -0.25) is 9.59 Å². The molecule has 0 heterocycles. The van der Waals surface area contributed by atoms with Crippen molar-refractivity contribution in [1.29, 1.82) is 0 Å². The highest BCUT2D eigenvalue weighted by molar-refractivity contribution is 5.99. The number of carbonyl (C=O) groups is 2. The maximum absolute atomic E-state index is 11.8. The van der Waals surface area contributed by atoms with E-state index in [1.54, 1.807) is 0 Å². The summed E-state index contributed by atoms with van der Waals surface area (Å²) in [6, 6.07) is 4.04. The second-order valence-electron chi connectivity index (χ2n) is 4.42. The molecule has 0 bridgehead atoms. The van der Waals surface area contributed by atoms with Crippen molar-refractivity contribution >= 4 is 11.9 Å². The smallest absolute Gasteiger partial charge is 0.303 e. The number of nitrogens with one attached hydrogen (secondary N) is 1. The van der Waals surface area contributed by atoms with Crippen molar-refractivity contribution in [1.82, 2.24) is 5.32 Å². The minimum atomic E-state index is -0.878. The van der Waals surface area contributed by atoms with E-state index in [9.17, 15) is 19.8 Å². The number of carboxylic acids is 1. The van der Waals surface area contributed by atoms with Crippen LogP contribution in [0.4, 0.5) is 0 Å². The Hall–Kier alpha value is -2.24. The van der Waals surface area contributed by atoms with Crippen LogP contribution in [0, 0.1) is 5.92 Å². The molecule has 6 nitrogen and oxygen atoms in total. The van der Waals surface area contributed by atoms with Crippen LogP contribution in [0.1, 0.15) is 30.1 Å². The Kier molecular flexibility index (Phi) is 5.17. The van der Waals surface area contributed by atoms with Gasteiger partial charge in [-0.25, -0.2) is 0 Å². The van der Waals surface area contributed by atoms with Gasteiger partial charge < -0.3 is 20.6 Å². The lowest BCUT2D eigenvalue weighted by Gasteiger charge is -2.12. The zero-order chi connectivity index (χ0) is 14.4. The Morgan fingerprint density at radius 2 is 1.84 bits per heavy atom. The molecular formula is C13H17NO5. The zero-order valence-corrected chi connectivity index (χ0v) is 10.6. The molecular weight excluding hydrogens is 250 g/mol. The van der Waals surface area contributed by atoms with Crippen LogP contribution in [0.5, 0.6) is 11.5 Å². The second-order valence-corrected chi connectivity index (χ2v) is 4.42. The molecule has 0 saturated heterocycles. The van der Waals surface area contributed by atoms with Crippen molar-refractivity contribution in [3.05, 3.63) is 23.8 Å². The van der Waals surface area contributed by atoms with Gasteiger partial charge in [-0.05, 0) is 24.5 Å². The Labute approximate surface area is 110 Å². The summed E-state index contributed by atoms with van der Waals surface area (Å²) in [6.45, 7) is 2.09. The number of aromatic hydroxyl groups is 2. The van der Waals surface area contributed by atoms with E-state index < -0.39 is 11.9 Å². The summed E-state index contributed by atoms with van der Waals surface area (Å²) >= 11 is 0. The van der Waals surface area contributed by atoms with E-state index in [4.69, 9.17) is 5.11 Å². The molecule has 0 spiro atoms. The van der Waals surface area contributed by atoms with Crippen LogP contribution >= 0.6 is 0 Å². The molecule has 1 aromatic rings. The molecule has 19 heavy (non-hydrogen) atoms. The van der Waals surface area contributed by atoms with Crippen LogP contribution in [-0.2, 0) is 4.79 Å². The Morgan fingerprint density at radius 3 is 2.37 bits per heavy atom. The first-order chi connectivity index (χ1) is 8.91. The third kappa shape index (κ3) is 4.50. The molecule has 1 rings (SSSR count). The van der Waals surface area contributed by atoms with Gasteiger partial charge in [0, 0.05) is 13.0 Å². The fourth-order valence-electron chi connectivity index (χ4n) is 1.59. The number of rotatable bonds is 6. The van der Waals surface area contributed by atoms with Gasteiger partial charge in [-0.2, -0.15) is 0 Å². The van der Waals surface area contributed by atoms with Crippen LogP contribution in [0.25, 0.3) is 0 Å². The number of amides is 1. The molecule has 0 aliphatic carbocycles. The maximum atomic E-state index is 11.8. The molecule has 104 valence electrons. The number of carbonyl (C=O) groups excluding carboxylic acids is 1. The van der Waals surface area contributed by atoms with E-state index in [0.717, 1.165) is 0 Å². The summed E-state index contributed by atoms with van der Waals surface area (Å²) in [5.41, 5.74) is -0.173. The van der Waals surface area contributed by atoms with E-state index in [-0.39, 0.29) is 35.9 Å². The van der Waals surface area contributed by atoms with Crippen molar-refractivity contribution in [2.45, 2.75) is 19.8 Å². The standard InChI is InChI=1S/C13H17NO5/c1-8(5-6-11(17)18)7-14-13(19)12-9(15)3-2-4-10(12)16/h2-4,8,15-16H,5-7H2,1H3,(H,14,19)(H,17,18). The van der Waals surface area contributed by atoms with Gasteiger partial charge in [0.15, 0.2) is 0 Å². The van der Waals surface area contributed by atoms with Gasteiger partial charge in [0.05, 0.1) is 0 Å². The summed E-state index contributed by atoms with van der Waals surface area (Å²) < 4.78 is 0. The van der Waals surface area contributed by atoms with Crippen molar-refractivity contribution < 1.29 is 24.9 Å². The minimum absolute atomic E-state index is 0.00644. The molecule has 0 aromatic heterocycles. The largest absolute Gasteiger partial charge is 0.507 e. The molecule has 1 amide bonds. The molecule has 6 heteroatoms. The first-order valence-corrected chi connectivity index (χ1v) is 5.92. The maximum Gasteiger partial charge on any atom is 0.303 e. The van der Waals surface area contributed by atoms with Gasteiger partial charge in [0.2, 0.25) is 0 Å². The predicted molar refractivity (Wildman–Crippen MR) is 68.1 cm³/mol. The fraction of sp³-hybridized carbons (Fsp3) is 0.385. The summed E-state index contributed by atoms with van der Waals surface area (Å²) in [4.78, 5) is 22.2. The van der Waals surface area contributed by atoms with Crippen molar-refractivity contribution in [2.75, 3.05) is 6.54 Å². The number of hydrogen-bond donors (Lipinski definition) is 4. The molecule has 0 aliphatic rings. The van der Waals surface area contributed by atoms with Gasteiger partial charge in [-0.1, -0.05) is 13.0 Å². The molecule has 1 atom stereocenters. The summed E-state index contributed by atoms with van der Waals surface area (Å²) in [5.74, 6) is -2.06. The molecule has 0 radical (unpaired) electrons. The third-order valence-corrected chi connectivity index (χ3v) is 2.71. The number of aliphatic carboxylic acids is 1. The van der Waals surface area contributed by atoms with Gasteiger partial charge in [0.25, 0.3) is 5.91 Å². The molecule has 0 fully saturated rings. The van der Waals surface area contributed by atoms with E-state index >= 15 is 0 Å². The topological polar surface area (TPSA) is 107 Å². The van der Waals surface area contributed by atoms with Crippen LogP contribution in [-0.4, -0.2) is 33.7 Å². The minimum Gasteiger partial charge on any atom is -0.507 e. The van der Waals surface area contributed by atoms with E-state index in [1.807, 2.05) is 6.92 Å². The number of phenols is 2. The van der Waals surface area contributed by atoms with Gasteiger partial charge in [-0.15, -0.1) is 0 Å². The first kappa shape index (κ1) is 14.8. The summed E-state index contributed by atoms with van der Waals surface area (Å²) in [6.07, 6.45) is 0.487. The monoisotopic (exact) mass is 267 g/mol. The normalized spacial score (nSPS) is 11.8. The lowest BCUT2D eigenvalue weighted by molar-refractivity contribution is -0.137. The SMILES string of the molecule is CC(CCC(=O)O)CNC(=O)c1c(O)cccc1O. The number of carboxylic acid groups (broad SMARTS) is 1. The third-order valence-electron chi connectivity index (χ3n) is 2.71. The molecule has 0 saturated carbocycles. The lowest BCUT2D eigenvalue weighted by Crippen LogP contribution is -2.28. The van der Waals surface area contributed by atoms with E-state index in [0.29, 0.717) is 6.42 Å². The predicted octanol–water partition coefficient (Wildman–Crippen LogP) is 1.33. The first-order valence-electron chi connectivity index (χ1n) is 5.92. The molecule has 0 aliphatic heterocycles. The van der Waals surface area contributed by atoms with Crippen molar-refractivity contribution in [3.63, 3.8) is 0 Å². The summed E-state index contributed by atoms with van der Waals surface area (Å²) in [7, 11) is 0. The van der Waals surface area contributed by atoms with Crippen molar-refractivity contribution in [2.24, 2.45) is 5.92 Å². The number of hydrogen-bond acceptors (Lipinski definition) is 4. The van der Waals surface area contributed by atoms with Crippen molar-refractivity contribution in [3.8, 4) is 11.5 Å². The van der Waals surface area contributed by atoms with Crippen LogP contribution < -0.4 is 5.32 Å². The second kappa shape index (κ2) is 6.63. The average molecular weight is 267 g/mol. The van der Waals surface area contributed by atoms with E-state index in [1.165, 1.54) is 18.2 Å². The zero-order valence-electron chi connectivity index (χ0n) is 10.6. The highest BCUT2D eigenvalue weighted by Crippen LogP contribution is 2.25.